The number of hydrogen-bond donors (Lipinski definition) is 2. The molecule has 19 heavy (non-hydrogen) atoms. The number of carbonyl (C=O) groups is 1. The van der Waals surface area contributed by atoms with Crippen LogP contribution in [-0.4, -0.2) is 31.0 Å². The molecule has 106 valence electrons. The number of ether oxygens (including phenoxy) is 1. The zero-order valence-corrected chi connectivity index (χ0v) is 12.8. The average Bonchev–Trinajstić information content (AvgIpc) is 2.33. The van der Waals surface area contributed by atoms with E-state index in [0.29, 0.717) is 13.1 Å². The minimum atomic E-state index is -0.455. The van der Waals surface area contributed by atoms with Crippen molar-refractivity contribution in [2.24, 2.45) is 0 Å². The van der Waals surface area contributed by atoms with Crippen LogP contribution in [0.4, 0.5) is 10.5 Å². The summed E-state index contributed by atoms with van der Waals surface area (Å²) >= 11 is 1.69. The predicted molar refractivity (Wildman–Crippen MR) is 80.9 cm³/mol. The Bertz CT molecular complexity index is 416. The highest BCUT2D eigenvalue weighted by atomic mass is 32.2. The van der Waals surface area contributed by atoms with Crippen LogP contribution in [0.3, 0.4) is 0 Å². The van der Waals surface area contributed by atoms with Crippen LogP contribution in [0.25, 0.3) is 0 Å². The second-order valence-corrected chi connectivity index (χ2v) is 5.90. The summed E-state index contributed by atoms with van der Waals surface area (Å²) in [4.78, 5) is 12.6. The summed E-state index contributed by atoms with van der Waals surface area (Å²) in [5, 5.41) is 6.01. The number of para-hydroxylation sites is 1. The largest absolute Gasteiger partial charge is 0.444 e. The van der Waals surface area contributed by atoms with Gasteiger partial charge in [0.2, 0.25) is 0 Å². The van der Waals surface area contributed by atoms with E-state index in [2.05, 4.69) is 16.7 Å². The summed E-state index contributed by atoms with van der Waals surface area (Å²) in [6.07, 6.45) is 1.66. The molecule has 0 aliphatic heterocycles. The first-order valence-electron chi connectivity index (χ1n) is 6.26. The molecule has 2 N–H and O–H groups in total. The van der Waals surface area contributed by atoms with E-state index in [0.717, 1.165) is 5.69 Å². The lowest BCUT2D eigenvalue weighted by atomic mass is 10.2. The maximum absolute atomic E-state index is 11.4. The third kappa shape index (κ3) is 6.38. The summed E-state index contributed by atoms with van der Waals surface area (Å²) in [6.45, 7) is 6.73. The number of hydrogen-bond acceptors (Lipinski definition) is 4. The van der Waals surface area contributed by atoms with Gasteiger partial charge in [-0.15, -0.1) is 11.8 Å². The maximum atomic E-state index is 11.4. The lowest BCUT2D eigenvalue weighted by Gasteiger charge is -2.19. The molecule has 0 spiro atoms. The van der Waals surface area contributed by atoms with Crippen molar-refractivity contribution in [3.8, 4) is 0 Å². The molecule has 0 unspecified atom stereocenters. The van der Waals surface area contributed by atoms with Gasteiger partial charge in [0, 0.05) is 23.7 Å². The van der Waals surface area contributed by atoms with Crippen LogP contribution in [-0.2, 0) is 4.74 Å². The Hall–Kier alpha value is -1.36. The van der Waals surface area contributed by atoms with Gasteiger partial charge >= 0.3 is 6.09 Å². The van der Waals surface area contributed by atoms with E-state index in [1.165, 1.54) is 4.90 Å². The van der Waals surface area contributed by atoms with Crippen molar-refractivity contribution in [1.82, 2.24) is 5.32 Å². The van der Waals surface area contributed by atoms with Gasteiger partial charge in [-0.2, -0.15) is 0 Å². The first-order chi connectivity index (χ1) is 8.92. The monoisotopic (exact) mass is 282 g/mol. The molecule has 0 bridgehead atoms. The van der Waals surface area contributed by atoms with Gasteiger partial charge in [0.05, 0.1) is 0 Å². The Balaban J connectivity index is 2.29. The molecule has 1 amide bonds. The van der Waals surface area contributed by atoms with E-state index in [1.807, 2.05) is 45.2 Å². The lowest BCUT2D eigenvalue weighted by molar-refractivity contribution is 0.0530. The number of anilines is 1. The molecule has 4 nitrogen and oxygen atoms in total. The number of rotatable bonds is 5. The van der Waals surface area contributed by atoms with Crippen LogP contribution in [0.2, 0.25) is 0 Å². The quantitative estimate of drug-likeness (QED) is 0.642. The molecule has 0 heterocycles. The molecule has 0 aromatic heterocycles. The third-order valence-corrected chi connectivity index (χ3v) is 3.01. The molecule has 0 fully saturated rings. The SMILES string of the molecule is CSc1ccccc1NCCNC(=O)OC(C)(C)C. The van der Waals surface area contributed by atoms with E-state index in [-0.39, 0.29) is 6.09 Å². The Kier molecular flexibility index (Phi) is 6.02. The van der Waals surface area contributed by atoms with Crippen LogP contribution >= 0.6 is 11.8 Å². The highest BCUT2D eigenvalue weighted by Gasteiger charge is 2.15. The first kappa shape index (κ1) is 15.7. The zero-order chi connectivity index (χ0) is 14.3. The van der Waals surface area contributed by atoms with Gasteiger partial charge in [-0.25, -0.2) is 4.79 Å². The molecule has 0 aliphatic carbocycles. The van der Waals surface area contributed by atoms with Gasteiger partial charge in [0.25, 0.3) is 0 Å². The average molecular weight is 282 g/mol. The van der Waals surface area contributed by atoms with Crippen molar-refractivity contribution in [1.29, 1.82) is 0 Å². The van der Waals surface area contributed by atoms with Crippen LogP contribution < -0.4 is 10.6 Å². The molecular formula is C14H22N2O2S. The number of carbonyl (C=O) groups excluding carboxylic acids is 1. The van der Waals surface area contributed by atoms with Gasteiger partial charge in [-0.05, 0) is 39.2 Å². The summed E-state index contributed by atoms with van der Waals surface area (Å²) in [5.41, 5.74) is 0.629. The van der Waals surface area contributed by atoms with Gasteiger partial charge in [0.1, 0.15) is 5.60 Å². The van der Waals surface area contributed by atoms with Gasteiger partial charge in [-0.3, -0.25) is 0 Å². The molecular weight excluding hydrogens is 260 g/mol. The molecule has 1 aromatic rings. The molecule has 0 radical (unpaired) electrons. The molecule has 1 rings (SSSR count). The van der Waals surface area contributed by atoms with Crippen molar-refractivity contribution < 1.29 is 9.53 Å². The topological polar surface area (TPSA) is 50.4 Å². The normalized spacial score (nSPS) is 10.9. The van der Waals surface area contributed by atoms with E-state index in [1.54, 1.807) is 11.8 Å². The van der Waals surface area contributed by atoms with Crippen molar-refractivity contribution >= 4 is 23.5 Å². The van der Waals surface area contributed by atoms with Gasteiger partial charge in [-0.1, -0.05) is 12.1 Å². The summed E-state index contributed by atoms with van der Waals surface area (Å²) in [7, 11) is 0. The van der Waals surface area contributed by atoms with E-state index >= 15 is 0 Å². The first-order valence-corrected chi connectivity index (χ1v) is 7.48. The number of benzene rings is 1. The molecule has 5 heteroatoms. The fraction of sp³-hybridized carbons (Fsp3) is 0.500. The predicted octanol–water partition coefficient (Wildman–Crippen LogP) is 3.35. The molecule has 0 saturated heterocycles. The number of amides is 1. The third-order valence-electron chi connectivity index (χ3n) is 2.22. The van der Waals surface area contributed by atoms with Crippen LogP contribution in [0.1, 0.15) is 20.8 Å². The van der Waals surface area contributed by atoms with Crippen LogP contribution in [0.15, 0.2) is 29.2 Å². The second-order valence-electron chi connectivity index (χ2n) is 5.06. The lowest BCUT2D eigenvalue weighted by Crippen LogP contribution is -2.35. The van der Waals surface area contributed by atoms with E-state index < -0.39 is 5.60 Å². The number of thioether (sulfide) groups is 1. The van der Waals surface area contributed by atoms with Gasteiger partial charge in [0.15, 0.2) is 0 Å². The fourth-order valence-corrected chi connectivity index (χ4v) is 2.04. The Morgan fingerprint density at radius 1 is 1.26 bits per heavy atom. The molecule has 0 saturated carbocycles. The highest BCUT2D eigenvalue weighted by molar-refractivity contribution is 7.98. The Labute approximate surface area is 119 Å². The fourth-order valence-electron chi connectivity index (χ4n) is 1.47. The zero-order valence-electron chi connectivity index (χ0n) is 11.9. The standard InChI is InChI=1S/C14H22N2O2S/c1-14(2,3)18-13(17)16-10-9-15-11-7-5-6-8-12(11)19-4/h5-8,15H,9-10H2,1-4H3,(H,16,17). The highest BCUT2D eigenvalue weighted by Crippen LogP contribution is 2.24. The summed E-state index contributed by atoms with van der Waals surface area (Å²) in [5.74, 6) is 0. The van der Waals surface area contributed by atoms with Crippen LogP contribution in [0.5, 0.6) is 0 Å². The van der Waals surface area contributed by atoms with Crippen molar-refractivity contribution in [2.45, 2.75) is 31.3 Å². The van der Waals surface area contributed by atoms with Crippen molar-refractivity contribution in [3.05, 3.63) is 24.3 Å². The summed E-state index contributed by atoms with van der Waals surface area (Å²) in [6, 6.07) is 8.09. The van der Waals surface area contributed by atoms with E-state index in [9.17, 15) is 4.79 Å². The minimum Gasteiger partial charge on any atom is -0.444 e. The van der Waals surface area contributed by atoms with Crippen molar-refractivity contribution in [3.63, 3.8) is 0 Å². The van der Waals surface area contributed by atoms with E-state index in [4.69, 9.17) is 4.74 Å². The minimum absolute atomic E-state index is 0.382. The maximum Gasteiger partial charge on any atom is 0.407 e. The Morgan fingerprint density at radius 2 is 1.95 bits per heavy atom. The van der Waals surface area contributed by atoms with Gasteiger partial charge < -0.3 is 15.4 Å². The second kappa shape index (κ2) is 7.28. The van der Waals surface area contributed by atoms with Crippen molar-refractivity contribution in [2.75, 3.05) is 24.7 Å². The Morgan fingerprint density at radius 3 is 2.58 bits per heavy atom. The summed E-state index contributed by atoms with van der Waals surface area (Å²) < 4.78 is 5.15. The smallest absolute Gasteiger partial charge is 0.407 e. The molecule has 0 aliphatic rings. The van der Waals surface area contributed by atoms with Crippen LogP contribution in [0, 0.1) is 0 Å². The number of nitrogens with one attached hydrogen (secondary N) is 2. The molecule has 1 aromatic carbocycles. The molecule has 0 atom stereocenters. The number of alkyl carbamates (subject to hydrolysis) is 1.